The fourth-order valence-corrected chi connectivity index (χ4v) is 3.22. The first-order valence-corrected chi connectivity index (χ1v) is 7.30. The molecule has 0 heterocycles. The standard InChI is InChI=1S/C10H15BrN2O2S.ClH/c1-2-12-7-8-13-16(14,15)10-6-4-3-5-9(10)11;/h3-6,12-13H,2,7-8H2,1H3;1H. The van der Waals surface area contributed by atoms with Gasteiger partial charge < -0.3 is 5.32 Å². The van der Waals surface area contributed by atoms with E-state index in [1.165, 1.54) is 0 Å². The van der Waals surface area contributed by atoms with Crippen LogP contribution in [-0.4, -0.2) is 28.1 Å². The minimum absolute atomic E-state index is 0. The number of benzene rings is 1. The first-order valence-electron chi connectivity index (χ1n) is 5.03. The maximum absolute atomic E-state index is 11.8. The summed E-state index contributed by atoms with van der Waals surface area (Å²) in [6.07, 6.45) is 0. The molecule has 0 aromatic heterocycles. The van der Waals surface area contributed by atoms with Crippen LogP contribution in [0.5, 0.6) is 0 Å². The highest BCUT2D eigenvalue weighted by Crippen LogP contribution is 2.20. The van der Waals surface area contributed by atoms with Crippen molar-refractivity contribution in [3.05, 3.63) is 28.7 Å². The molecule has 2 N–H and O–H groups in total. The molecule has 98 valence electrons. The Kier molecular flexibility index (Phi) is 7.98. The van der Waals surface area contributed by atoms with Crippen molar-refractivity contribution in [2.24, 2.45) is 0 Å². The average molecular weight is 344 g/mol. The van der Waals surface area contributed by atoms with Gasteiger partial charge in [0, 0.05) is 17.6 Å². The molecule has 1 aromatic carbocycles. The molecule has 0 amide bonds. The molecule has 0 unspecified atom stereocenters. The van der Waals surface area contributed by atoms with Gasteiger partial charge in [0.25, 0.3) is 0 Å². The zero-order valence-electron chi connectivity index (χ0n) is 9.44. The quantitative estimate of drug-likeness (QED) is 0.774. The molecule has 0 aliphatic rings. The Morgan fingerprint density at radius 3 is 2.47 bits per heavy atom. The number of hydrogen-bond acceptors (Lipinski definition) is 3. The lowest BCUT2D eigenvalue weighted by Gasteiger charge is -2.08. The summed E-state index contributed by atoms with van der Waals surface area (Å²) >= 11 is 3.22. The van der Waals surface area contributed by atoms with Gasteiger partial charge in [-0.1, -0.05) is 19.1 Å². The third-order valence-corrected chi connectivity index (χ3v) is 4.44. The van der Waals surface area contributed by atoms with Crippen LogP contribution in [0.15, 0.2) is 33.6 Å². The summed E-state index contributed by atoms with van der Waals surface area (Å²) in [6.45, 7) is 3.82. The van der Waals surface area contributed by atoms with Gasteiger partial charge in [-0.2, -0.15) is 0 Å². The van der Waals surface area contributed by atoms with E-state index in [9.17, 15) is 8.42 Å². The third kappa shape index (κ3) is 5.35. The van der Waals surface area contributed by atoms with Gasteiger partial charge in [-0.15, -0.1) is 12.4 Å². The monoisotopic (exact) mass is 342 g/mol. The number of nitrogens with one attached hydrogen (secondary N) is 2. The molecule has 0 aliphatic carbocycles. The number of likely N-dealkylation sites (N-methyl/N-ethyl adjacent to an activating group) is 1. The maximum Gasteiger partial charge on any atom is 0.241 e. The van der Waals surface area contributed by atoms with Crippen LogP contribution in [0.4, 0.5) is 0 Å². The van der Waals surface area contributed by atoms with E-state index in [-0.39, 0.29) is 17.3 Å². The van der Waals surface area contributed by atoms with Gasteiger partial charge >= 0.3 is 0 Å². The molecule has 17 heavy (non-hydrogen) atoms. The lowest BCUT2D eigenvalue weighted by molar-refractivity contribution is 0.577. The van der Waals surface area contributed by atoms with Gasteiger partial charge in [0.2, 0.25) is 10.0 Å². The molecule has 7 heteroatoms. The van der Waals surface area contributed by atoms with Gasteiger partial charge in [-0.3, -0.25) is 0 Å². The van der Waals surface area contributed by atoms with Crippen molar-refractivity contribution in [1.29, 1.82) is 0 Å². The molecule has 0 radical (unpaired) electrons. The predicted molar refractivity (Wildman–Crippen MR) is 75.1 cm³/mol. The number of rotatable bonds is 6. The summed E-state index contributed by atoms with van der Waals surface area (Å²) in [5.74, 6) is 0. The van der Waals surface area contributed by atoms with Crippen LogP contribution in [0.1, 0.15) is 6.92 Å². The second-order valence-electron chi connectivity index (χ2n) is 3.18. The van der Waals surface area contributed by atoms with Gasteiger partial charge in [0.1, 0.15) is 0 Å². The summed E-state index contributed by atoms with van der Waals surface area (Å²) in [5, 5.41) is 3.05. The van der Waals surface area contributed by atoms with E-state index in [0.717, 1.165) is 6.54 Å². The van der Waals surface area contributed by atoms with Crippen LogP contribution < -0.4 is 10.0 Å². The second-order valence-corrected chi connectivity index (χ2v) is 5.77. The summed E-state index contributed by atoms with van der Waals surface area (Å²) < 4.78 is 26.8. The minimum Gasteiger partial charge on any atom is -0.316 e. The van der Waals surface area contributed by atoms with Crippen LogP contribution in [0, 0.1) is 0 Å². The van der Waals surface area contributed by atoms with Gasteiger partial charge in [-0.25, -0.2) is 13.1 Å². The van der Waals surface area contributed by atoms with Crippen molar-refractivity contribution >= 4 is 38.4 Å². The number of hydrogen-bond donors (Lipinski definition) is 2. The number of sulfonamides is 1. The van der Waals surface area contributed by atoms with E-state index in [4.69, 9.17) is 0 Å². The highest BCUT2D eigenvalue weighted by Gasteiger charge is 2.15. The summed E-state index contributed by atoms with van der Waals surface area (Å²) in [5.41, 5.74) is 0. The highest BCUT2D eigenvalue weighted by atomic mass is 79.9. The molecule has 1 rings (SSSR count). The lowest BCUT2D eigenvalue weighted by atomic mass is 10.4. The topological polar surface area (TPSA) is 58.2 Å². The Balaban J connectivity index is 0.00000256. The molecule has 0 saturated heterocycles. The lowest BCUT2D eigenvalue weighted by Crippen LogP contribution is -2.31. The molecule has 1 aromatic rings. The van der Waals surface area contributed by atoms with E-state index in [0.29, 0.717) is 17.6 Å². The second kappa shape index (κ2) is 8.05. The summed E-state index contributed by atoms with van der Waals surface area (Å²) in [7, 11) is -3.41. The van der Waals surface area contributed by atoms with Crippen LogP contribution in [0.2, 0.25) is 0 Å². The van der Waals surface area contributed by atoms with E-state index in [1.807, 2.05) is 6.92 Å². The normalized spacial score (nSPS) is 10.9. The largest absolute Gasteiger partial charge is 0.316 e. The molecular weight excluding hydrogens is 328 g/mol. The van der Waals surface area contributed by atoms with Gasteiger partial charge in [-0.05, 0) is 34.6 Å². The van der Waals surface area contributed by atoms with Crippen LogP contribution in [-0.2, 0) is 10.0 Å². The fraction of sp³-hybridized carbons (Fsp3) is 0.400. The van der Waals surface area contributed by atoms with Crippen molar-refractivity contribution in [2.45, 2.75) is 11.8 Å². The Bertz CT molecular complexity index is 440. The SMILES string of the molecule is CCNCCNS(=O)(=O)c1ccccc1Br.Cl. The summed E-state index contributed by atoms with van der Waals surface area (Å²) in [6, 6.07) is 6.75. The molecule has 0 aliphatic heterocycles. The molecule has 4 nitrogen and oxygen atoms in total. The van der Waals surface area contributed by atoms with Gasteiger partial charge in [0.05, 0.1) is 4.90 Å². The van der Waals surface area contributed by atoms with E-state index >= 15 is 0 Å². The van der Waals surface area contributed by atoms with Crippen LogP contribution >= 0.6 is 28.3 Å². The van der Waals surface area contributed by atoms with Crippen molar-refractivity contribution in [3.8, 4) is 0 Å². The highest BCUT2D eigenvalue weighted by molar-refractivity contribution is 9.10. The van der Waals surface area contributed by atoms with Crippen molar-refractivity contribution in [1.82, 2.24) is 10.0 Å². The van der Waals surface area contributed by atoms with Crippen molar-refractivity contribution in [3.63, 3.8) is 0 Å². The van der Waals surface area contributed by atoms with E-state index < -0.39 is 10.0 Å². The first-order chi connectivity index (χ1) is 7.58. The maximum atomic E-state index is 11.8. The van der Waals surface area contributed by atoms with Crippen LogP contribution in [0.25, 0.3) is 0 Å². The Morgan fingerprint density at radius 2 is 1.88 bits per heavy atom. The fourth-order valence-electron chi connectivity index (χ4n) is 1.19. The minimum atomic E-state index is -3.41. The van der Waals surface area contributed by atoms with E-state index in [1.54, 1.807) is 24.3 Å². The number of halogens is 2. The summed E-state index contributed by atoms with van der Waals surface area (Å²) in [4.78, 5) is 0.270. The molecule has 0 bridgehead atoms. The zero-order chi connectivity index (χ0) is 12.0. The smallest absolute Gasteiger partial charge is 0.241 e. The molecule has 0 saturated carbocycles. The Morgan fingerprint density at radius 1 is 1.24 bits per heavy atom. The molecule has 0 atom stereocenters. The Hall–Kier alpha value is -0.140. The van der Waals surface area contributed by atoms with Crippen molar-refractivity contribution in [2.75, 3.05) is 19.6 Å². The molecule has 0 spiro atoms. The molecule has 0 fully saturated rings. The van der Waals surface area contributed by atoms with Crippen LogP contribution in [0.3, 0.4) is 0 Å². The van der Waals surface area contributed by atoms with Crippen molar-refractivity contribution < 1.29 is 8.42 Å². The average Bonchev–Trinajstić information content (AvgIpc) is 2.25. The first kappa shape index (κ1) is 16.9. The zero-order valence-corrected chi connectivity index (χ0v) is 12.7. The predicted octanol–water partition coefficient (Wildman–Crippen LogP) is 1.76. The Labute approximate surface area is 117 Å². The molecular formula is C10H16BrClN2O2S. The van der Waals surface area contributed by atoms with E-state index in [2.05, 4.69) is 26.0 Å². The van der Waals surface area contributed by atoms with Gasteiger partial charge in [0.15, 0.2) is 0 Å². The third-order valence-electron chi connectivity index (χ3n) is 1.97.